The summed E-state index contributed by atoms with van der Waals surface area (Å²) in [5.41, 5.74) is 16.8. The van der Waals surface area contributed by atoms with Crippen LogP contribution in [0.1, 0.15) is 23.5 Å². The zero-order valence-electron chi connectivity index (χ0n) is 16.0. The highest BCUT2D eigenvalue weighted by Gasteiger charge is 2.26. The molecule has 8 nitrogen and oxygen atoms in total. The molecule has 0 spiro atoms. The molecule has 0 aromatic carbocycles. The smallest absolute Gasteiger partial charge is 0.241 e. The summed E-state index contributed by atoms with van der Waals surface area (Å²) < 4.78 is 2.03. The number of aliphatic imine (C=N–C) groups is 1. The second-order valence-corrected chi connectivity index (χ2v) is 6.78. The van der Waals surface area contributed by atoms with Crippen LogP contribution in [0, 0.1) is 6.92 Å². The predicted molar refractivity (Wildman–Crippen MR) is 112 cm³/mol. The third-order valence-corrected chi connectivity index (χ3v) is 4.76. The molecule has 0 atom stereocenters. The molecule has 146 valence electrons. The fourth-order valence-corrected chi connectivity index (χ4v) is 3.58. The van der Waals surface area contributed by atoms with Crippen LogP contribution in [0.4, 0.5) is 5.82 Å². The van der Waals surface area contributed by atoms with E-state index in [1.165, 1.54) is 12.4 Å². The average Bonchev–Trinajstić information content (AvgIpc) is 3.28. The molecule has 0 saturated carbocycles. The summed E-state index contributed by atoms with van der Waals surface area (Å²) >= 11 is 0. The van der Waals surface area contributed by atoms with E-state index in [4.69, 9.17) is 16.6 Å². The zero-order valence-corrected chi connectivity index (χ0v) is 16.0. The van der Waals surface area contributed by atoms with Crippen LogP contribution in [0.2, 0.25) is 0 Å². The lowest BCUT2D eigenvalue weighted by atomic mass is 9.98. The third-order valence-electron chi connectivity index (χ3n) is 4.76. The van der Waals surface area contributed by atoms with Gasteiger partial charge < -0.3 is 11.5 Å². The largest absolute Gasteiger partial charge is 0.390 e. The number of nitrogens with two attached hydrogens (primary N) is 2. The molecule has 8 heteroatoms. The first-order chi connectivity index (χ1) is 14.1. The van der Waals surface area contributed by atoms with Gasteiger partial charge in [0.25, 0.3) is 0 Å². The zero-order chi connectivity index (χ0) is 20.4. The minimum absolute atomic E-state index is 0.444. The molecule has 0 bridgehead atoms. The van der Waals surface area contributed by atoms with Gasteiger partial charge in [0.15, 0.2) is 5.82 Å². The summed E-state index contributed by atoms with van der Waals surface area (Å²) in [5.74, 6) is -0.106. The highest BCUT2D eigenvalue weighted by Crippen LogP contribution is 2.39. The number of carbonyl (C=O) groups excluding carboxylic acids is 1. The highest BCUT2D eigenvalue weighted by atomic mass is 16.1. The summed E-state index contributed by atoms with van der Waals surface area (Å²) in [6.45, 7) is 2.82. The van der Waals surface area contributed by atoms with Crippen LogP contribution in [0.5, 0.6) is 0 Å². The van der Waals surface area contributed by atoms with Gasteiger partial charge in [-0.3, -0.25) is 14.5 Å². The van der Waals surface area contributed by atoms with E-state index in [0.717, 1.165) is 53.3 Å². The average molecular weight is 387 g/mol. The molecule has 4 heterocycles. The van der Waals surface area contributed by atoms with Gasteiger partial charge in [-0.25, -0.2) is 9.98 Å². The Labute approximate surface area is 168 Å². The normalized spacial score (nSPS) is 13.4. The van der Waals surface area contributed by atoms with Gasteiger partial charge in [-0.2, -0.15) is 5.10 Å². The van der Waals surface area contributed by atoms with Gasteiger partial charge in [-0.05, 0) is 50.1 Å². The molecule has 0 aliphatic carbocycles. The number of carbonyl (C=O) groups is 1. The van der Waals surface area contributed by atoms with Gasteiger partial charge in [0.1, 0.15) is 5.69 Å². The van der Waals surface area contributed by atoms with Crippen molar-refractivity contribution >= 4 is 24.1 Å². The summed E-state index contributed by atoms with van der Waals surface area (Å²) in [5, 5.41) is 4.83. The van der Waals surface area contributed by atoms with E-state index >= 15 is 0 Å². The summed E-state index contributed by atoms with van der Waals surface area (Å²) in [7, 11) is 0. The monoisotopic (exact) mass is 387 g/mol. The lowest BCUT2D eigenvalue weighted by molar-refractivity contribution is -0.113. The van der Waals surface area contributed by atoms with Crippen molar-refractivity contribution in [3.63, 3.8) is 0 Å². The lowest BCUT2D eigenvalue weighted by Crippen LogP contribution is -2.05. The van der Waals surface area contributed by atoms with Crippen molar-refractivity contribution < 1.29 is 4.79 Å². The van der Waals surface area contributed by atoms with E-state index in [9.17, 15) is 4.79 Å². The molecular formula is C21H21N7O. The SMILES string of the molecule is Cc1cccc(-c2nn3c(c2-c2ccc(N=CN)nc2/C=C/C(N)=O)CCC3)n1. The fourth-order valence-electron chi connectivity index (χ4n) is 3.58. The fraction of sp³-hybridized carbons (Fsp3) is 0.190. The van der Waals surface area contributed by atoms with E-state index in [1.54, 1.807) is 12.1 Å². The van der Waals surface area contributed by atoms with Gasteiger partial charge in [0.05, 0.1) is 17.7 Å². The molecule has 29 heavy (non-hydrogen) atoms. The number of rotatable bonds is 5. The number of aromatic nitrogens is 4. The number of amides is 1. The number of fused-ring (bicyclic) bond motifs is 1. The second-order valence-electron chi connectivity index (χ2n) is 6.78. The Morgan fingerprint density at radius 1 is 1.24 bits per heavy atom. The van der Waals surface area contributed by atoms with Crippen LogP contribution in [0.15, 0.2) is 41.4 Å². The maximum absolute atomic E-state index is 11.3. The number of hydrogen-bond donors (Lipinski definition) is 2. The minimum Gasteiger partial charge on any atom is -0.390 e. The standard InChI is InChI=1S/C21H21N7O/c1-13-4-2-5-16(25-13)21-20(17-6-3-11-28(17)27-21)14-7-10-19(24-12-22)26-15(14)8-9-18(23)29/h2,4-5,7-10,12H,3,6,11H2,1H3,(H2,23,29)(H2,22,24,26)/b9-8+. The number of pyridine rings is 2. The summed E-state index contributed by atoms with van der Waals surface area (Å²) in [6, 6.07) is 9.58. The second kappa shape index (κ2) is 7.67. The highest BCUT2D eigenvalue weighted by molar-refractivity contribution is 5.93. The van der Waals surface area contributed by atoms with Crippen LogP contribution in [0.25, 0.3) is 28.6 Å². The molecule has 0 fully saturated rings. The minimum atomic E-state index is -0.550. The molecule has 0 saturated heterocycles. The first-order valence-electron chi connectivity index (χ1n) is 9.33. The van der Waals surface area contributed by atoms with Gasteiger partial charge >= 0.3 is 0 Å². The summed E-state index contributed by atoms with van der Waals surface area (Å²) in [4.78, 5) is 24.6. The van der Waals surface area contributed by atoms with Gasteiger partial charge in [-0.1, -0.05) is 6.07 Å². The Hall–Kier alpha value is -3.81. The third kappa shape index (κ3) is 3.64. The number of aryl methyl sites for hydroxylation is 2. The van der Waals surface area contributed by atoms with Crippen LogP contribution in [-0.2, 0) is 17.8 Å². The van der Waals surface area contributed by atoms with Crippen LogP contribution in [-0.4, -0.2) is 32.0 Å². The maximum Gasteiger partial charge on any atom is 0.241 e. The molecule has 1 aliphatic rings. The Kier molecular flexibility index (Phi) is 4.90. The molecule has 0 radical (unpaired) electrons. The van der Waals surface area contributed by atoms with Crippen molar-refractivity contribution in [2.24, 2.45) is 16.5 Å². The molecule has 1 aliphatic heterocycles. The van der Waals surface area contributed by atoms with E-state index in [-0.39, 0.29) is 0 Å². The topological polar surface area (TPSA) is 125 Å². The van der Waals surface area contributed by atoms with Crippen molar-refractivity contribution in [2.75, 3.05) is 0 Å². The number of nitrogens with zero attached hydrogens (tertiary/aromatic N) is 5. The predicted octanol–water partition coefficient (Wildman–Crippen LogP) is 2.38. The maximum atomic E-state index is 11.3. The lowest BCUT2D eigenvalue weighted by Gasteiger charge is -2.09. The van der Waals surface area contributed by atoms with Crippen molar-refractivity contribution in [1.29, 1.82) is 0 Å². The van der Waals surface area contributed by atoms with E-state index in [2.05, 4.69) is 15.0 Å². The molecule has 0 unspecified atom stereocenters. The molecule has 3 aromatic rings. The Balaban J connectivity index is 1.96. The Bertz CT molecular complexity index is 1140. The van der Waals surface area contributed by atoms with Crippen molar-refractivity contribution in [3.05, 3.63) is 53.5 Å². The Morgan fingerprint density at radius 3 is 2.86 bits per heavy atom. The van der Waals surface area contributed by atoms with Gasteiger partial charge in [0.2, 0.25) is 5.91 Å². The molecular weight excluding hydrogens is 366 g/mol. The Morgan fingerprint density at radius 2 is 2.10 bits per heavy atom. The van der Waals surface area contributed by atoms with Crippen LogP contribution < -0.4 is 11.5 Å². The number of primary amides is 1. The van der Waals surface area contributed by atoms with E-state index < -0.39 is 5.91 Å². The molecule has 3 aromatic heterocycles. The van der Waals surface area contributed by atoms with E-state index in [1.807, 2.05) is 35.9 Å². The van der Waals surface area contributed by atoms with E-state index in [0.29, 0.717) is 11.5 Å². The molecule has 4 rings (SSSR count). The molecule has 4 N–H and O–H groups in total. The van der Waals surface area contributed by atoms with Crippen LogP contribution in [0.3, 0.4) is 0 Å². The van der Waals surface area contributed by atoms with Crippen LogP contribution >= 0.6 is 0 Å². The van der Waals surface area contributed by atoms with Crippen molar-refractivity contribution in [1.82, 2.24) is 19.7 Å². The first kappa shape index (κ1) is 18.5. The summed E-state index contributed by atoms with van der Waals surface area (Å²) in [6.07, 6.45) is 6.02. The molecule has 1 amide bonds. The van der Waals surface area contributed by atoms with Crippen molar-refractivity contribution in [2.45, 2.75) is 26.3 Å². The number of hydrogen-bond acceptors (Lipinski definition) is 5. The quantitative estimate of drug-likeness (QED) is 0.395. The van der Waals surface area contributed by atoms with Crippen molar-refractivity contribution in [3.8, 4) is 22.5 Å². The van der Waals surface area contributed by atoms with Gasteiger partial charge in [-0.15, -0.1) is 0 Å². The van der Waals surface area contributed by atoms with Gasteiger partial charge in [0, 0.05) is 35.1 Å². The first-order valence-corrected chi connectivity index (χ1v) is 9.33.